The molecule has 19 heavy (non-hydrogen) atoms. The van der Waals surface area contributed by atoms with Crippen LogP contribution in [0.15, 0.2) is 36.7 Å². The normalized spacial score (nSPS) is 10.6. The molecular formula is C15H21N3O. The lowest BCUT2D eigenvalue weighted by Crippen LogP contribution is -2.12. The molecule has 4 heteroatoms. The fourth-order valence-corrected chi connectivity index (χ4v) is 1.89. The van der Waals surface area contributed by atoms with E-state index < -0.39 is 0 Å². The molecule has 0 aliphatic rings. The Labute approximate surface area is 114 Å². The summed E-state index contributed by atoms with van der Waals surface area (Å²) in [7, 11) is 0. The van der Waals surface area contributed by atoms with Crippen molar-refractivity contribution in [1.29, 1.82) is 0 Å². The standard InChI is InChI=1S/C15H21N3O/c1-3-18-12-14(11-17-18)10-16-9-13-5-7-15(8-6-13)19-4-2/h5-8,11-12,16H,3-4,9-10H2,1-2H3. The minimum Gasteiger partial charge on any atom is -0.494 e. The molecular weight excluding hydrogens is 238 g/mol. The van der Waals surface area contributed by atoms with Gasteiger partial charge in [-0.1, -0.05) is 12.1 Å². The Hall–Kier alpha value is -1.81. The second-order valence-corrected chi connectivity index (χ2v) is 4.38. The van der Waals surface area contributed by atoms with E-state index >= 15 is 0 Å². The Balaban J connectivity index is 1.78. The molecule has 1 heterocycles. The number of nitrogens with one attached hydrogen (secondary N) is 1. The van der Waals surface area contributed by atoms with E-state index in [-0.39, 0.29) is 0 Å². The van der Waals surface area contributed by atoms with Crippen LogP contribution in [0.25, 0.3) is 0 Å². The van der Waals surface area contributed by atoms with Gasteiger partial charge in [-0.3, -0.25) is 4.68 Å². The van der Waals surface area contributed by atoms with Gasteiger partial charge in [0, 0.05) is 31.4 Å². The molecule has 0 spiro atoms. The van der Waals surface area contributed by atoms with Gasteiger partial charge < -0.3 is 10.1 Å². The van der Waals surface area contributed by atoms with E-state index in [0.29, 0.717) is 6.61 Å². The fourth-order valence-electron chi connectivity index (χ4n) is 1.89. The predicted octanol–water partition coefficient (Wildman–Crippen LogP) is 2.59. The first-order valence-corrected chi connectivity index (χ1v) is 6.75. The first-order valence-electron chi connectivity index (χ1n) is 6.75. The third-order valence-electron chi connectivity index (χ3n) is 2.90. The summed E-state index contributed by atoms with van der Waals surface area (Å²) >= 11 is 0. The summed E-state index contributed by atoms with van der Waals surface area (Å²) in [5.41, 5.74) is 2.47. The van der Waals surface area contributed by atoms with Crippen molar-refractivity contribution < 1.29 is 4.74 Å². The molecule has 0 unspecified atom stereocenters. The molecule has 0 aliphatic carbocycles. The topological polar surface area (TPSA) is 39.1 Å². The molecule has 2 aromatic rings. The lowest BCUT2D eigenvalue weighted by Gasteiger charge is -2.06. The van der Waals surface area contributed by atoms with E-state index in [0.717, 1.165) is 25.4 Å². The van der Waals surface area contributed by atoms with Crippen molar-refractivity contribution in [3.05, 3.63) is 47.8 Å². The average Bonchev–Trinajstić information content (AvgIpc) is 2.89. The van der Waals surface area contributed by atoms with E-state index in [1.807, 2.05) is 29.9 Å². The first kappa shape index (κ1) is 13.6. The molecule has 2 rings (SSSR count). The van der Waals surface area contributed by atoms with Gasteiger partial charge in [0.05, 0.1) is 12.8 Å². The van der Waals surface area contributed by atoms with Gasteiger partial charge in [-0.15, -0.1) is 0 Å². The van der Waals surface area contributed by atoms with Gasteiger partial charge in [0.25, 0.3) is 0 Å². The van der Waals surface area contributed by atoms with Crippen LogP contribution in [0.3, 0.4) is 0 Å². The molecule has 1 N–H and O–H groups in total. The summed E-state index contributed by atoms with van der Waals surface area (Å²) in [5.74, 6) is 0.926. The van der Waals surface area contributed by atoms with Crippen LogP contribution in [-0.2, 0) is 19.6 Å². The quantitative estimate of drug-likeness (QED) is 0.830. The van der Waals surface area contributed by atoms with Gasteiger partial charge in [0.2, 0.25) is 0 Å². The molecule has 0 saturated heterocycles. The Morgan fingerprint density at radius 3 is 2.47 bits per heavy atom. The maximum Gasteiger partial charge on any atom is 0.119 e. The highest BCUT2D eigenvalue weighted by atomic mass is 16.5. The number of aromatic nitrogens is 2. The minimum absolute atomic E-state index is 0.707. The molecule has 1 aromatic carbocycles. The molecule has 0 aliphatic heterocycles. The maximum absolute atomic E-state index is 5.42. The third-order valence-corrected chi connectivity index (χ3v) is 2.90. The summed E-state index contributed by atoms with van der Waals surface area (Å²) in [4.78, 5) is 0. The highest BCUT2D eigenvalue weighted by Crippen LogP contribution is 2.12. The minimum atomic E-state index is 0.707. The summed E-state index contributed by atoms with van der Waals surface area (Å²) in [6, 6.07) is 8.20. The smallest absolute Gasteiger partial charge is 0.119 e. The lowest BCUT2D eigenvalue weighted by atomic mass is 10.2. The number of ether oxygens (including phenoxy) is 1. The Kier molecular flexibility index (Phi) is 4.98. The van der Waals surface area contributed by atoms with Crippen LogP contribution in [0.1, 0.15) is 25.0 Å². The largest absolute Gasteiger partial charge is 0.494 e. The first-order chi connectivity index (χ1) is 9.31. The fraction of sp³-hybridized carbons (Fsp3) is 0.400. The zero-order valence-corrected chi connectivity index (χ0v) is 11.6. The van der Waals surface area contributed by atoms with Crippen molar-refractivity contribution in [3.8, 4) is 5.75 Å². The number of aryl methyl sites for hydroxylation is 1. The third kappa shape index (κ3) is 4.10. The molecule has 102 valence electrons. The van der Waals surface area contributed by atoms with Crippen LogP contribution >= 0.6 is 0 Å². The van der Waals surface area contributed by atoms with Crippen molar-refractivity contribution in [2.45, 2.75) is 33.5 Å². The van der Waals surface area contributed by atoms with Crippen LogP contribution in [0, 0.1) is 0 Å². The highest BCUT2D eigenvalue weighted by Gasteiger charge is 1.98. The van der Waals surface area contributed by atoms with Crippen LogP contribution < -0.4 is 10.1 Å². The molecule has 0 radical (unpaired) electrons. The van der Waals surface area contributed by atoms with Crippen molar-refractivity contribution >= 4 is 0 Å². The summed E-state index contributed by atoms with van der Waals surface area (Å²) in [6.07, 6.45) is 3.99. The van der Waals surface area contributed by atoms with Gasteiger partial charge in [-0.2, -0.15) is 5.10 Å². The maximum atomic E-state index is 5.42. The Morgan fingerprint density at radius 2 is 1.84 bits per heavy atom. The predicted molar refractivity (Wildman–Crippen MR) is 76.1 cm³/mol. The van der Waals surface area contributed by atoms with Crippen LogP contribution in [0.4, 0.5) is 0 Å². The van der Waals surface area contributed by atoms with Gasteiger partial charge in [0.15, 0.2) is 0 Å². The van der Waals surface area contributed by atoms with Gasteiger partial charge in [-0.05, 0) is 31.5 Å². The number of benzene rings is 1. The van der Waals surface area contributed by atoms with Gasteiger partial charge >= 0.3 is 0 Å². The van der Waals surface area contributed by atoms with Crippen LogP contribution in [-0.4, -0.2) is 16.4 Å². The van der Waals surface area contributed by atoms with Crippen LogP contribution in [0.5, 0.6) is 5.75 Å². The zero-order valence-electron chi connectivity index (χ0n) is 11.6. The SMILES string of the molecule is CCOc1ccc(CNCc2cnn(CC)c2)cc1. The highest BCUT2D eigenvalue weighted by molar-refractivity contribution is 5.27. The monoisotopic (exact) mass is 259 g/mol. The van der Waals surface area contributed by atoms with E-state index in [9.17, 15) is 0 Å². The zero-order chi connectivity index (χ0) is 13.5. The molecule has 1 aromatic heterocycles. The lowest BCUT2D eigenvalue weighted by molar-refractivity contribution is 0.340. The van der Waals surface area contributed by atoms with Crippen molar-refractivity contribution in [2.75, 3.05) is 6.61 Å². The molecule has 0 atom stereocenters. The summed E-state index contributed by atoms with van der Waals surface area (Å²) in [6.45, 7) is 7.39. The van der Waals surface area contributed by atoms with Crippen molar-refractivity contribution in [2.24, 2.45) is 0 Å². The summed E-state index contributed by atoms with van der Waals surface area (Å²) in [5, 5.41) is 7.67. The second kappa shape index (κ2) is 6.95. The number of nitrogens with zero attached hydrogens (tertiary/aromatic N) is 2. The van der Waals surface area contributed by atoms with Gasteiger partial charge in [-0.25, -0.2) is 0 Å². The number of hydrogen-bond acceptors (Lipinski definition) is 3. The molecule has 0 fully saturated rings. The molecule has 0 bridgehead atoms. The van der Waals surface area contributed by atoms with Crippen molar-refractivity contribution in [3.63, 3.8) is 0 Å². The van der Waals surface area contributed by atoms with E-state index in [4.69, 9.17) is 4.74 Å². The number of hydrogen-bond donors (Lipinski definition) is 1. The van der Waals surface area contributed by atoms with E-state index in [1.54, 1.807) is 0 Å². The summed E-state index contributed by atoms with van der Waals surface area (Å²) < 4.78 is 7.36. The van der Waals surface area contributed by atoms with E-state index in [2.05, 4.69) is 35.7 Å². The van der Waals surface area contributed by atoms with Gasteiger partial charge in [0.1, 0.15) is 5.75 Å². The van der Waals surface area contributed by atoms with Crippen LogP contribution in [0.2, 0.25) is 0 Å². The number of rotatable bonds is 7. The average molecular weight is 259 g/mol. The second-order valence-electron chi connectivity index (χ2n) is 4.38. The molecule has 0 saturated carbocycles. The van der Waals surface area contributed by atoms with Crippen molar-refractivity contribution in [1.82, 2.24) is 15.1 Å². The van der Waals surface area contributed by atoms with E-state index in [1.165, 1.54) is 11.1 Å². The Morgan fingerprint density at radius 1 is 1.11 bits per heavy atom. The Bertz CT molecular complexity index is 490. The molecule has 4 nitrogen and oxygen atoms in total. The molecule has 0 amide bonds.